The van der Waals surface area contributed by atoms with Gasteiger partial charge in [0.15, 0.2) is 17.5 Å². The third-order valence-corrected chi connectivity index (χ3v) is 5.29. The second-order valence-electron chi connectivity index (χ2n) is 7.39. The molecule has 0 saturated carbocycles. The highest BCUT2D eigenvalue weighted by Gasteiger charge is 2.35. The lowest BCUT2D eigenvalue weighted by atomic mass is 10.1. The van der Waals surface area contributed by atoms with Gasteiger partial charge in [-0.3, -0.25) is 14.4 Å². The Bertz CT molecular complexity index is 1230. The van der Waals surface area contributed by atoms with Crippen LogP contribution in [0.4, 0.5) is 24.5 Å². The lowest BCUT2D eigenvalue weighted by molar-refractivity contribution is -0.127. The van der Waals surface area contributed by atoms with Gasteiger partial charge in [0.1, 0.15) is 0 Å². The van der Waals surface area contributed by atoms with Gasteiger partial charge in [-0.15, -0.1) is 0 Å². The Morgan fingerprint density at radius 3 is 2.53 bits per heavy atom. The van der Waals surface area contributed by atoms with Crippen molar-refractivity contribution in [3.8, 4) is 0 Å². The number of anilines is 2. The van der Waals surface area contributed by atoms with Gasteiger partial charge in [0.05, 0.1) is 23.8 Å². The topological polar surface area (TPSA) is 78.5 Å². The van der Waals surface area contributed by atoms with Gasteiger partial charge in [-0.25, -0.2) is 13.2 Å². The summed E-state index contributed by atoms with van der Waals surface area (Å²) in [5.41, 5.74) is 0.163. The number of hydrogen-bond donors (Lipinski definition) is 2. The molecule has 1 aliphatic rings. The molecule has 3 amide bonds. The SMILES string of the molecule is O=C(CNC(=O)[C@@H]1CC(=O)N(c2cccc3ccccc23)C1)Nc1ccc(F)c(F)c1F. The summed E-state index contributed by atoms with van der Waals surface area (Å²) in [4.78, 5) is 38.6. The van der Waals surface area contributed by atoms with Crippen molar-refractivity contribution >= 4 is 39.9 Å². The van der Waals surface area contributed by atoms with Gasteiger partial charge in [-0.2, -0.15) is 0 Å². The van der Waals surface area contributed by atoms with Gasteiger partial charge in [-0.05, 0) is 23.6 Å². The molecule has 1 fully saturated rings. The van der Waals surface area contributed by atoms with E-state index in [0.717, 1.165) is 16.8 Å². The van der Waals surface area contributed by atoms with Crippen molar-refractivity contribution in [2.45, 2.75) is 6.42 Å². The Kier molecular flexibility index (Phi) is 5.81. The monoisotopic (exact) mass is 441 g/mol. The molecule has 0 bridgehead atoms. The van der Waals surface area contributed by atoms with Crippen LogP contribution in [-0.4, -0.2) is 30.8 Å². The average Bonchev–Trinajstić information content (AvgIpc) is 3.19. The third-order valence-electron chi connectivity index (χ3n) is 5.29. The lowest BCUT2D eigenvalue weighted by Gasteiger charge is -2.19. The van der Waals surface area contributed by atoms with Crippen LogP contribution < -0.4 is 15.5 Å². The number of carbonyl (C=O) groups excluding carboxylic acids is 3. The molecule has 4 rings (SSSR count). The van der Waals surface area contributed by atoms with Crippen LogP contribution >= 0.6 is 0 Å². The maximum absolute atomic E-state index is 13.7. The molecular weight excluding hydrogens is 423 g/mol. The zero-order valence-electron chi connectivity index (χ0n) is 16.7. The number of amides is 3. The fraction of sp³-hybridized carbons (Fsp3) is 0.174. The number of rotatable bonds is 5. The van der Waals surface area contributed by atoms with E-state index in [0.29, 0.717) is 11.8 Å². The van der Waals surface area contributed by atoms with E-state index in [1.807, 2.05) is 42.5 Å². The van der Waals surface area contributed by atoms with Crippen molar-refractivity contribution < 1.29 is 27.6 Å². The predicted octanol–water partition coefficient (Wildman–Crippen LogP) is 3.36. The van der Waals surface area contributed by atoms with Crippen LogP contribution in [0.25, 0.3) is 10.8 Å². The Labute approximate surface area is 181 Å². The van der Waals surface area contributed by atoms with Gasteiger partial charge >= 0.3 is 0 Å². The van der Waals surface area contributed by atoms with Crippen LogP contribution in [0.3, 0.4) is 0 Å². The number of fused-ring (bicyclic) bond motifs is 1. The van der Waals surface area contributed by atoms with Crippen molar-refractivity contribution in [2.24, 2.45) is 5.92 Å². The van der Waals surface area contributed by atoms with Crippen molar-refractivity contribution in [3.63, 3.8) is 0 Å². The van der Waals surface area contributed by atoms with Crippen LogP contribution in [0.1, 0.15) is 6.42 Å². The summed E-state index contributed by atoms with van der Waals surface area (Å²) in [6, 6.07) is 14.7. The van der Waals surface area contributed by atoms with E-state index in [1.54, 1.807) is 4.90 Å². The minimum atomic E-state index is -1.70. The molecule has 0 aromatic heterocycles. The highest BCUT2D eigenvalue weighted by Crippen LogP contribution is 2.31. The summed E-state index contributed by atoms with van der Waals surface area (Å²) in [6.07, 6.45) is -0.0194. The van der Waals surface area contributed by atoms with Crippen LogP contribution in [0.2, 0.25) is 0 Å². The molecule has 6 nitrogen and oxygen atoms in total. The van der Waals surface area contributed by atoms with E-state index in [4.69, 9.17) is 0 Å². The largest absolute Gasteiger partial charge is 0.347 e. The Hall–Kier alpha value is -3.88. The smallest absolute Gasteiger partial charge is 0.243 e. The highest BCUT2D eigenvalue weighted by molar-refractivity contribution is 6.07. The van der Waals surface area contributed by atoms with Crippen molar-refractivity contribution in [3.05, 3.63) is 72.0 Å². The van der Waals surface area contributed by atoms with Crippen LogP contribution in [0, 0.1) is 23.4 Å². The first kappa shape index (κ1) is 21.4. The number of hydrogen-bond acceptors (Lipinski definition) is 3. The molecule has 2 N–H and O–H groups in total. The Morgan fingerprint density at radius 1 is 0.969 bits per heavy atom. The van der Waals surface area contributed by atoms with E-state index in [-0.39, 0.29) is 18.9 Å². The molecule has 1 atom stereocenters. The van der Waals surface area contributed by atoms with E-state index in [2.05, 4.69) is 10.6 Å². The first-order chi connectivity index (χ1) is 15.3. The maximum atomic E-state index is 13.7. The second-order valence-corrected chi connectivity index (χ2v) is 7.39. The first-order valence-corrected chi connectivity index (χ1v) is 9.84. The Balaban J connectivity index is 1.38. The predicted molar refractivity (Wildman–Crippen MR) is 112 cm³/mol. The summed E-state index contributed by atoms with van der Waals surface area (Å²) < 4.78 is 39.9. The standard InChI is InChI=1S/C23H18F3N3O3/c24-16-8-9-17(22(26)21(16)25)28-19(30)11-27-23(32)14-10-20(31)29(12-14)18-7-3-5-13-4-1-2-6-15(13)18/h1-9,14H,10-12H2,(H,27,32)(H,28,30)/t14-/m1/s1. The van der Waals surface area contributed by atoms with Gasteiger partial charge in [0.25, 0.3) is 0 Å². The fourth-order valence-corrected chi connectivity index (χ4v) is 3.69. The molecule has 0 aliphatic carbocycles. The molecule has 1 heterocycles. The number of carbonyl (C=O) groups is 3. The normalized spacial score (nSPS) is 15.8. The maximum Gasteiger partial charge on any atom is 0.243 e. The third kappa shape index (κ3) is 4.14. The van der Waals surface area contributed by atoms with Gasteiger partial charge in [0.2, 0.25) is 17.7 Å². The molecule has 3 aromatic rings. The molecule has 0 radical (unpaired) electrons. The molecule has 0 spiro atoms. The molecule has 0 unspecified atom stereocenters. The molecule has 164 valence electrons. The molecule has 3 aromatic carbocycles. The molecule has 1 aliphatic heterocycles. The summed E-state index contributed by atoms with van der Waals surface area (Å²) >= 11 is 0. The number of nitrogens with one attached hydrogen (secondary N) is 2. The van der Waals surface area contributed by atoms with E-state index in [9.17, 15) is 27.6 Å². The van der Waals surface area contributed by atoms with Crippen molar-refractivity contribution in [1.82, 2.24) is 5.32 Å². The van der Waals surface area contributed by atoms with Crippen LogP contribution in [0.15, 0.2) is 54.6 Å². The van der Waals surface area contributed by atoms with E-state index in [1.165, 1.54) is 0 Å². The number of halogens is 3. The average molecular weight is 441 g/mol. The summed E-state index contributed by atoms with van der Waals surface area (Å²) in [6.45, 7) is -0.367. The van der Waals surface area contributed by atoms with E-state index >= 15 is 0 Å². The van der Waals surface area contributed by atoms with Crippen LogP contribution in [0.5, 0.6) is 0 Å². The van der Waals surface area contributed by atoms with Gasteiger partial charge in [-0.1, -0.05) is 36.4 Å². The summed E-state index contributed by atoms with van der Waals surface area (Å²) in [5, 5.41) is 6.33. The zero-order chi connectivity index (χ0) is 22.8. The molecule has 1 saturated heterocycles. The Morgan fingerprint density at radius 2 is 1.72 bits per heavy atom. The summed E-state index contributed by atoms with van der Waals surface area (Å²) in [5.74, 6) is -6.83. The van der Waals surface area contributed by atoms with Crippen molar-refractivity contribution in [2.75, 3.05) is 23.3 Å². The fourth-order valence-electron chi connectivity index (χ4n) is 3.69. The minimum Gasteiger partial charge on any atom is -0.347 e. The highest BCUT2D eigenvalue weighted by atomic mass is 19.2. The summed E-state index contributed by atoms with van der Waals surface area (Å²) in [7, 11) is 0. The number of benzene rings is 3. The van der Waals surface area contributed by atoms with Crippen LogP contribution in [-0.2, 0) is 14.4 Å². The minimum absolute atomic E-state index is 0.0194. The van der Waals surface area contributed by atoms with E-state index < -0.39 is 47.4 Å². The molecule has 32 heavy (non-hydrogen) atoms. The zero-order valence-corrected chi connectivity index (χ0v) is 16.7. The van der Waals surface area contributed by atoms with Gasteiger partial charge in [0, 0.05) is 18.4 Å². The quantitative estimate of drug-likeness (QED) is 0.596. The molecule has 9 heteroatoms. The second kappa shape index (κ2) is 8.70. The van der Waals surface area contributed by atoms with Crippen molar-refractivity contribution in [1.29, 1.82) is 0 Å². The molecular formula is C23H18F3N3O3. The lowest BCUT2D eigenvalue weighted by Crippen LogP contribution is -2.38. The first-order valence-electron chi connectivity index (χ1n) is 9.84. The van der Waals surface area contributed by atoms with Gasteiger partial charge < -0.3 is 15.5 Å². The number of nitrogens with zero attached hydrogens (tertiary/aromatic N) is 1.